The molecule has 0 saturated carbocycles. The number of hydrogen-bond donors (Lipinski definition) is 1. The van der Waals surface area contributed by atoms with Crippen LogP contribution in [0.3, 0.4) is 0 Å². The number of amides is 1. The van der Waals surface area contributed by atoms with Gasteiger partial charge in [0.05, 0.1) is 38.0 Å². The van der Waals surface area contributed by atoms with Crippen molar-refractivity contribution < 1.29 is 23.8 Å². The van der Waals surface area contributed by atoms with Gasteiger partial charge in [0, 0.05) is 24.1 Å². The number of rotatable bonds is 9. The van der Waals surface area contributed by atoms with E-state index in [1.54, 1.807) is 38.6 Å². The molecule has 1 N–H and O–H groups in total. The van der Waals surface area contributed by atoms with Crippen molar-refractivity contribution in [2.45, 2.75) is 12.8 Å². The van der Waals surface area contributed by atoms with E-state index in [0.717, 1.165) is 5.56 Å². The van der Waals surface area contributed by atoms with Gasteiger partial charge in [0.25, 0.3) is 0 Å². The molecule has 178 valence electrons. The number of carbonyl (C=O) groups is 2. The van der Waals surface area contributed by atoms with E-state index < -0.39 is 5.91 Å². The highest BCUT2D eigenvalue weighted by Crippen LogP contribution is 2.38. The molecule has 2 aromatic heterocycles. The minimum atomic E-state index is -0.446. The molecule has 0 radical (unpaired) electrons. The van der Waals surface area contributed by atoms with Crippen molar-refractivity contribution in [3.8, 4) is 23.1 Å². The Hall–Kier alpha value is -4.17. The summed E-state index contributed by atoms with van der Waals surface area (Å²) in [5, 5.41) is 3.51. The second kappa shape index (κ2) is 10.8. The van der Waals surface area contributed by atoms with Gasteiger partial charge in [0.15, 0.2) is 11.5 Å². The molecule has 0 aliphatic carbocycles. The summed E-state index contributed by atoms with van der Waals surface area (Å²) < 4.78 is 16.6. The Morgan fingerprint density at radius 2 is 1.69 bits per heavy atom. The number of anilines is 1. The van der Waals surface area contributed by atoms with E-state index >= 15 is 0 Å². The zero-order chi connectivity index (χ0) is 24.8. The number of fused-ring (bicyclic) bond motifs is 1. The summed E-state index contributed by atoms with van der Waals surface area (Å²) in [6.45, 7) is 0. The van der Waals surface area contributed by atoms with Crippen LogP contribution in [0.5, 0.6) is 23.1 Å². The maximum atomic E-state index is 12.3. The molecule has 0 bridgehead atoms. The minimum Gasteiger partial charge on any atom is -0.493 e. The molecule has 4 rings (SSSR count). The topological polar surface area (TPSA) is 99.6 Å². The highest BCUT2D eigenvalue weighted by atomic mass is 35.5. The van der Waals surface area contributed by atoms with Crippen molar-refractivity contribution in [3.63, 3.8) is 0 Å². The van der Waals surface area contributed by atoms with Crippen LogP contribution in [0.1, 0.15) is 12.0 Å². The first-order valence-electron chi connectivity index (χ1n) is 10.7. The second-order valence-corrected chi connectivity index (χ2v) is 7.98. The third-order valence-corrected chi connectivity index (χ3v) is 5.38. The Kier molecular flexibility index (Phi) is 7.42. The fourth-order valence-electron chi connectivity index (χ4n) is 3.48. The van der Waals surface area contributed by atoms with Gasteiger partial charge in [-0.2, -0.15) is 0 Å². The van der Waals surface area contributed by atoms with Crippen LogP contribution >= 0.6 is 11.6 Å². The summed E-state index contributed by atoms with van der Waals surface area (Å²) in [5.74, 6) is 1.05. The summed E-state index contributed by atoms with van der Waals surface area (Å²) in [5.41, 5.74) is 1.85. The van der Waals surface area contributed by atoms with E-state index in [1.165, 1.54) is 12.3 Å². The molecule has 9 heteroatoms. The Bertz CT molecular complexity index is 1380. The number of benzene rings is 2. The lowest BCUT2D eigenvalue weighted by atomic mass is 10.1. The second-order valence-electron chi connectivity index (χ2n) is 7.57. The van der Waals surface area contributed by atoms with Gasteiger partial charge in [-0.15, -0.1) is 0 Å². The maximum Gasteiger partial charge on any atom is 0.238 e. The van der Waals surface area contributed by atoms with E-state index in [2.05, 4.69) is 15.3 Å². The Labute approximate surface area is 206 Å². The van der Waals surface area contributed by atoms with E-state index in [0.29, 0.717) is 33.8 Å². The molecule has 2 aromatic carbocycles. The summed E-state index contributed by atoms with van der Waals surface area (Å²) in [6.07, 6.45) is 2.95. The van der Waals surface area contributed by atoms with Crippen LogP contribution in [0.2, 0.25) is 5.02 Å². The molecule has 0 unspecified atom stereocenters. The molecule has 1 amide bonds. The molecule has 8 nitrogen and oxygen atoms in total. The van der Waals surface area contributed by atoms with Crippen LogP contribution in [0, 0.1) is 0 Å². The van der Waals surface area contributed by atoms with Crippen LogP contribution in [-0.4, -0.2) is 35.9 Å². The number of halogens is 1. The predicted molar refractivity (Wildman–Crippen MR) is 133 cm³/mol. The lowest BCUT2D eigenvalue weighted by Gasteiger charge is -2.13. The monoisotopic (exact) mass is 491 g/mol. The molecule has 0 atom stereocenters. The quantitative estimate of drug-likeness (QED) is 0.320. The van der Waals surface area contributed by atoms with E-state index in [-0.39, 0.29) is 29.5 Å². The molecule has 0 aliphatic rings. The Morgan fingerprint density at radius 1 is 0.943 bits per heavy atom. The number of carbonyl (C=O) groups excluding carboxylic acids is 2. The highest BCUT2D eigenvalue weighted by molar-refractivity contribution is 6.32. The molecule has 0 saturated heterocycles. The largest absolute Gasteiger partial charge is 0.493 e. The van der Waals surface area contributed by atoms with Gasteiger partial charge >= 0.3 is 0 Å². The van der Waals surface area contributed by atoms with Crippen molar-refractivity contribution in [2.75, 3.05) is 19.5 Å². The Morgan fingerprint density at radius 3 is 2.40 bits per heavy atom. The summed E-state index contributed by atoms with van der Waals surface area (Å²) in [4.78, 5) is 33.1. The van der Waals surface area contributed by atoms with Gasteiger partial charge in [-0.25, -0.2) is 4.98 Å². The standard InChI is InChI=1S/C26H22ClN3O5/c1-33-23-13-19-21(14-24(23)34-2)28-9-8-22(19)35-26-20(27)11-17(15-29-26)30-25(32)12-18(31)10-16-6-4-3-5-7-16/h3-9,11,13-15H,10,12H2,1-2H3,(H,30,32). The van der Waals surface area contributed by atoms with Gasteiger partial charge in [-0.3, -0.25) is 14.6 Å². The molecule has 0 fully saturated rings. The van der Waals surface area contributed by atoms with Crippen molar-refractivity contribution in [1.82, 2.24) is 9.97 Å². The third kappa shape index (κ3) is 5.85. The first kappa shape index (κ1) is 24.0. The molecule has 35 heavy (non-hydrogen) atoms. The number of hydrogen-bond acceptors (Lipinski definition) is 7. The van der Waals surface area contributed by atoms with Crippen LogP contribution in [-0.2, 0) is 16.0 Å². The van der Waals surface area contributed by atoms with Crippen LogP contribution in [0.25, 0.3) is 10.9 Å². The predicted octanol–water partition coefficient (Wildman–Crippen LogP) is 5.23. The fourth-order valence-corrected chi connectivity index (χ4v) is 3.68. The number of ether oxygens (including phenoxy) is 3. The number of nitrogens with zero attached hydrogens (tertiary/aromatic N) is 2. The highest BCUT2D eigenvalue weighted by Gasteiger charge is 2.15. The fraction of sp³-hybridized carbons (Fsp3) is 0.154. The first-order chi connectivity index (χ1) is 17.0. The van der Waals surface area contributed by atoms with Crippen molar-refractivity contribution in [2.24, 2.45) is 0 Å². The lowest BCUT2D eigenvalue weighted by Crippen LogP contribution is -2.17. The van der Waals surface area contributed by atoms with Gasteiger partial charge in [-0.1, -0.05) is 41.9 Å². The molecule has 4 aromatic rings. The van der Waals surface area contributed by atoms with Gasteiger partial charge in [0.2, 0.25) is 11.8 Å². The maximum absolute atomic E-state index is 12.3. The molecular formula is C26H22ClN3O5. The summed E-state index contributed by atoms with van der Waals surface area (Å²) >= 11 is 6.37. The number of nitrogens with one attached hydrogen (secondary N) is 1. The number of ketones is 1. The third-order valence-electron chi connectivity index (χ3n) is 5.11. The van der Waals surface area contributed by atoms with Crippen molar-refractivity contribution in [1.29, 1.82) is 0 Å². The molecule has 2 heterocycles. The Balaban J connectivity index is 1.45. The zero-order valence-corrected chi connectivity index (χ0v) is 19.8. The molecule has 0 aliphatic heterocycles. The minimum absolute atomic E-state index is 0.145. The van der Waals surface area contributed by atoms with Gasteiger partial charge in [0.1, 0.15) is 16.6 Å². The normalized spacial score (nSPS) is 10.6. The van der Waals surface area contributed by atoms with Gasteiger partial charge < -0.3 is 19.5 Å². The van der Waals surface area contributed by atoms with Crippen molar-refractivity contribution >= 4 is 39.9 Å². The van der Waals surface area contributed by atoms with Crippen LogP contribution < -0.4 is 19.5 Å². The van der Waals surface area contributed by atoms with E-state index in [1.807, 2.05) is 30.3 Å². The molecular weight excluding hydrogens is 470 g/mol. The number of aromatic nitrogens is 2. The molecule has 0 spiro atoms. The number of methoxy groups -OCH3 is 2. The average molecular weight is 492 g/mol. The van der Waals surface area contributed by atoms with Crippen LogP contribution in [0.15, 0.2) is 67.0 Å². The smallest absolute Gasteiger partial charge is 0.238 e. The van der Waals surface area contributed by atoms with E-state index in [9.17, 15) is 9.59 Å². The SMILES string of the molecule is COc1cc2nccc(Oc3ncc(NC(=O)CC(=O)Cc4ccccc4)cc3Cl)c2cc1OC. The summed E-state index contributed by atoms with van der Waals surface area (Å²) in [7, 11) is 3.09. The van der Waals surface area contributed by atoms with E-state index in [4.69, 9.17) is 25.8 Å². The zero-order valence-electron chi connectivity index (χ0n) is 19.1. The van der Waals surface area contributed by atoms with Crippen LogP contribution in [0.4, 0.5) is 5.69 Å². The first-order valence-corrected chi connectivity index (χ1v) is 11.0. The number of pyridine rings is 2. The lowest BCUT2D eigenvalue weighted by molar-refractivity contribution is -0.125. The average Bonchev–Trinajstić information content (AvgIpc) is 2.85. The van der Waals surface area contributed by atoms with Gasteiger partial charge in [-0.05, 0) is 23.8 Å². The van der Waals surface area contributed by atoms with Crippen molar-refractivity contribution in [3.05, 3.63) is 77.6 Å². The number of Topliss-reactive ketones (excluding diaryl/α,β-unsaturated/α-hetero) is 1. The summed E-state index contributed by atoms with van der Waals surface area (Å²) in [6, 6.07) is 15.9.